The second-order valence-corrected chi connectivity index (χ2v) is 17.4. The van der Waals surface area contributed by atoms with E-state index in [2.05, 4.69) is 43.8 Å². The van der Waals surface area contributed by atoms with Crippen molar-refractivity contribution in [3.8, 4) is 21.3 Å². The fraction of sp³-hybridized carbons (Fsp3) is 0.381. The lowest BCUT2D eigenvalue weighted by Crippen LogP contribution is -2.49. The van der Waals surface area contributed by atoms with Gasteiger partial charge in [0.25, 0.3) is 0 Å². The van der Waals surface area contributed by atoms with Crippen LogP contribution in [0, 0.1) is 20.8 Å². The number of aromatic nitrogens is 4. The van der Waals surface area contributed by atoms with Crippen LogP contribution in [0.2, 0.25) is 10.0 Å². The maximum absolute atomic E-state index is 13.9. The van der Waals surface area contributed by atoms with Gasteiger partial charge in [0, 0.05) is 71.6 Å². The summed E-state index contributed by atoms with van der Waals surface area (Å²) in [6.07, 6.45) is 0.138. The van der Waals surface area contributed by atoms with Crippen LogP contribution in [-0.4, -0.2) is 118 Å². The van der Waals surface area contributed by atoms with Crippen LogP contribution in [0.15, 0.2) is 52.8 Å². The number of fused-ring (bicyclic) bond motifs is 3. The Hall–Kier alpha value is -5.20. The zero-order valence-electron chi connectivity index (χ0n) is 34.0. The Balaban J connectivity index is 0.887. The Labute approximate surface area is 370 Å². The zero-order valence-corrected chi connectivity index (χ0v) is 37.2. The number of esters is 2. The first-order chi connectivity index (χ1) is 29.3. The highest BCUT2D eigenvalue weighted by atomic mass is 35.5. The van der Waals surface area contributed by atoms with Crippen molar-refractivity contribution in [2.45, 2.75) is 46.6 Å². The topological polar surface area (TPSA) is 170 Å². The molecule has 19 heteroatoms. The molecule has 0 spiro atoms. The average Bonchev–Trinajstić information content (AvgIpc) is 3.91. The van der Waals surface area contributed by atoms with E-state index in [0.717, 1.165) is 33.2 Å². The molecule has 5 aromatic rings. The summed E-state index contributed by atoms with van der Waals surface area (Å²) in [7, 11) is 0. The summed E-state index contributed by atoms with van der Waals surface area (Å²) in [6.45, 7) is 10.6. The molecule has 61 heavy (non-hydrogen) atoms. The van der Waals surface area contributed by atoms with Gasteiger partial charge in [0.05, 0.1) is 29.3 Å². The quantitative estimate of drug-likeness (QED) is 0.0973. The van der Waals surface area contributed by atoms with Crippen LogP contribution in [0.25, 0.3) is 15.6 Å². The summed E-state index contributed by atoms with van der Waals surface area (Å²) in [5.74, 6) is 0.533. The van der Waals surface area contributed by atoms with Gasteiger partial charge in [0.1, 0.15) is 54.0 Å². The average molecular weight is 908 g/mol. The molecule has 2 aliphatic heterocycles. The maximum atomic E-state index is 13.9. The van der Waals surface area contributed by atoms with E-state index in [1.54, 1.807) is 22.8 Å². The van der Waals surface area contributed by atoms with Crippen LogP contribution in [-0.2, 0) is 35.1 Å². The minimum absolute atomic E-state index is 0.0170. The molecule has 0 saturated carbocycles. The highest BCUT2D eigenvalue weighted by Gasteiger charge is 2.34. The first-order valence-electron chi connectivity index (χ1n) is 19.6. The minimum Gasteiger partial charge on any atom is -0.492 e. The van der Waals surface area contributed by atoms with Gasteiger partial charge in [-0.2, -0.15) is 0 Å². The number of nitrogens with one attached hydrogen (secondary N) is 1. The first-order valence-corrected chi connectivity index (χ1v) is 22.1. The summed E-state index contributed by atoms with van der Waals surface area (Å²) in [6, 6.07) is 12.5. The number of carbonyl (C=O) groups excluding carboxylic acids is 4. The largest absolute Gasteiger partial charge is 0.492 e. The van der Waals surface area contributed by atoms with E-state index < -0.39 is 23.9 Å². The van der Waals surface area contributed by atoms with Gasteiger partial charge in [0.2, 0.25) is 11.8 Å². The third-order valence-electron chi connectivity index (χ3n) is 10.3. The van der Waals surface area contributed by atoms with Crippen molar-refractivity contribution in [3.63, 3.8) is 0 Å². The van der Waals surface area contributed by atoms with Crippen LogP contribution >= 0.6 is 45.9 Å². The predicted octanol–water partition coefficient (Wildman–Crippen LogP) is 5.95. The van der Waals surface area contributed by atoms with Crippen LogP contribution in [0.3, 0.4) is 0 Å². The maximum Gasteiger partial charge on any atom is 0.325 e. The number of halogens is 2. The molecule has 2 aliphatic rings. The van der Waals surface area contributed by atoms with Crippen molar-refractivity contribution in [3.05, 3.63) is 96.8 Å². The molecule has 0 radical (unpaired) electrons. The first kappa shape index (κ1) is 43.9. The Morgan fingerprint density at radius 3 is 2.43 bits per heavy atom. The number of nitrogens with zero attached hydrogens (tertiary/aromatic N) is 7. The van der Waals surface area contributed by atoms with Gasteiger partial charge < -0.3 is 24.4 Å². The number of hydrogen-bond donors (Lipinski definition) is 1. The van der Waals surface area contributed by atoms with E-state index in [-0.39, 0.29) is 38.5 Å². The Kier molecular flexibility index (Phi) is 14.1. The highest BCUT2D eigenvalue weighted by molar-refractivity contribution is 7.15. The van der Waals surface area contributed by atoms with Crippen molar-refractivity contribution in [1.82, 2.24) is 34.9 Å². The van der Waals surface area contributed by atoms with Gasteiger partial charge in [-0.25, -0.2) is 4.98 Å². The van der Waals surface area contributed by atoms with E-state index >= 15 is 0 Å². The molecule has 0 unspecified atom stereocenters. The number of aryl methyl sites for hydroxylation is 2. The van der Waals surface area contributed by atoms with Gasteiger partial charge >= 0.3 is 11.9 Å². The molecular weight excluding hydrogens is 864 g/mol. The number of amides is 2. The SMILES string of the molecule is CC(=O)OCCOC(=O)CNC(=O)Cc1csc(-c2ccc(OCCN3CCN(C(=O)C[C@@H]4N=C(c5ccc(Cl)cc5)c5c(sc(C)c5C)-n5c(C)nnc54)CC3)cc2Cl)n1. The van der Waals surface area contributed by atoms with Gasteiger partial charge in [-0.15, -0.1) is 32.9 Å². The summed E-state index contributed by atoms with van der Waals surface area (Å²) >= 11 is 15.9. The van der Waals surface area contributed by atoms with Gasteiger partial charge in [-0.05, 0) is 56.7 Å². The van der Waals surface area contributed by atoms with E-state index in [4.69, 9.17) is 42.4 Å². The van der Waals surface area contributed by atoms with Crippen molar-refractivity contribution in [1.29, 1.82) is 0 Å². The second-order valence-electron chi connectivity index (χ2n) is 14.5. The number of thiazole rings is 1. The molecule has 15 nitrogen and oxygen atoms in total. The lowest BCUT2D eigenvalue weighted by atomic mass is 9.99. The number of ether oxygens (including phenoxy) is 3. The van der Waals surface area contributed by atoms with E-state index in [1.165, 1.54) is 23.1 Å². The molecule has 3 aromatic heterocycles. The lowest BCUT2D eigenvalue weighted by Gasteiger charge is -2.35. The highest BCUT2D eigenvalue weighted by Crippen LogP contribution is 2.40. The molecular formula is C42H44Cl2N8O7S2. The molecule has 1 N–H and O–H groups in total. The molecule has 1 fully saturated rings. The van der Waals surface area contributed by atoms with Crippen LogP contribution in [0.4, 0.5) is 0 Å². The molecule has 320 valence electrons. The van der Waals surface area contributed by atoms with E-state index in [0.29, 0.717) is 77.2 Å². The monoisotopic (exact) mass is 906 g/mol. The lowest BCUT2D eigenvalue weighted by molar-refractivity contribution is -0.150. The van der Waals surface area contributed by atoms with E-state index in [9.17, 15) is 19.2 Å². The van der Waals surface area contributed by atoms with Crippen molar-refractivity contribution in [2.75, 3.05) is 59.1 Å². The molecule has 0 aliphatic carbocycles. The summed E-state index contributed by atoms with van der Waals surface area (Å²) in [5, 5.41) is 16.0. The Morgan fingerprint density at radius 1 is 0.934 bits per heavy atom. The third-order valence-corrected chi connectivity index (χ3v) is 13.0. The fourth-order valence-electron chi connectivity index (χ4n) is 7.00. The summed E-state index contributed by atoms with van der Waals surface area (Å²) < 4.78 is 17.7. The number of rotatable bonds is 15. The fourth-order valence-corrected chi connectivity index (χ4v) is 9.52. The van der Waals surface area contributed by atoms with Gasteiger partial charge in [-0.3, -0.25) is 33.6 Å². The van der Waals surface area contributed by atoms with Crippen molar-refractivity contribution >= 4 is 75.3 Å². The molecule has 2 amide bonds. The van der Waals surface area contributed by atoms with Gasteiger partial charge in [0.15, 0.2) is 5.82 Å². The number of hydrogen-bond acceptors (Lipinski definition) is 14. The molecule has 1 atom stereocenters. The number of aliphatic imine (C=N–C) groups is 1. The second kappa shape index (κ2) is 19.7. The molecule has 1 saturated heterocycles. The normalized spacial score (nSPS) is 15.0. The molecule has 0 bridgehead atoms. The Bertz CT molecular complexity index is 2460. The summed E-state index contributed by atoms with van der Waals surface area (Å²) in [5.41, 5.74) is 5.15. The van der Waals surface area contributed by atoms with Crippen LogP contribution in [0.1, 0.15) is 58.3 Å². The summed E-state index contributed by atoms with van der Waals surface area (Å²) in [4.78, 5) is 64.1. The third kappa shape index (κ3) is 10.6. The Morgan fingerprint density at radius 2 is 1.69 bits per heavy atom. The zero-order chi connectivity index (χ0) is 43.2. The van der Waals surface area contributed by atoms with Gasteiger partial charge in [-0.1, -0.05) is 35.3 Å². The molecule has 5 heterocycles. The standard InChI is InChI=1S/C42H44Cl2N8O7S2/c1-24-25(2)61-42-38(24)39(28-5-7-29(43)8-6-28)47-34(40-49-48-26(3)52(40)42)21-36(55)51-13-11-50(12-14-51)15-16-58-31-9-10-32(33(44)20-31)41-46-30(23-60-41)19-35(54)45-22-37(56)59-18-17-57-27(4)53/h5-10,20,23,34H,11-19,21-22H2,1-4H3,(H,45,54)/t34-/m0/s1. The molecule has 7 rings (SSSR count). The van der Waals surface area contributed by atoms with E-state index in [1.807, 2.05) is 48.2 Å². The number of benzene rings is 2. The smallest absolute Gasteiger partial charge is 0.325 e. The van der Waals surface area contributed by atoms with Crippen molar-refractivity contribution in [2.24, 2.45) is 4.99 Å². The predicted molar refractivity (Wildman–Crippen MR) is 233 cm³/mol. The number of thiophene rings is 1. The van der Waals surface area contributed by atoms with Crippen molar-refractivity contribution < 1.29 is 33.4 Å². The minimum atomic E-state index is -0.643. The number of carbonyl (C=O) groups is 4. The number of piperazine rings is 1. The van der Waals surface area contributed by atoms with Crippen LogP contribution in [0.5, 0.6) is 5.75 Å². The molecule has 2 aromatic carbocycles. The van der Waals surface area contributed by atoms with Crippen LogP contribution < -0.4 is 10.1 Å².